The standard InChI is InChI=1S/C22H31N5OS/c1-17-5-7-18(8-6-17)20-16-29-22(23-20)24-21(28)15-26-10-12-27(13-11-26)19-4-3-9-25(2)14-19/h5-8,16,19H,3-4,9-15H2,1-2H3,(H,23,24,28). The lowest BCUT2D eigenvalue weighted by molar-refractivity contribution is -0.117. The van der Waals surface area contributed by atoms with E-state index in [1.54, 1.807) is 0 Å². The zero-order valence-corrected chi connectivity index (χ0v) is 18.2. The van der Waals surface area contributed by atoms with E-state index in [4.69, 9.17) is 0 Å². The lowest BCUT2D eigenvalue weighted by atomic mass is 10.0. The van der Waals surface area contributed by atoms with Gasteiger partial charge >= 0.3 is 0 Å². The van der Waals surface area contributed by atoms with Crippen molar-refractivity contribution >= 4 is 22.4 Å². The zero-order chi connectivity index (χ0) is 20.2. The van der Waals surface area contributed by atoms with Crippen LogP contribution in [-0.4, -0.2) is 84.5 Å². The van der Waals surface area contributed by atoms with Crippen LogP contribution < -0.4 is 5.32 Å². The molecule has 0 saturated carbocycles. The van der Waals surface area contributed by atoms with E-state index in [0.717, 1.165) is 37.4 Å². The molecule has 2 saturated heterocycles. The molecule has 1 N–H and O–H groups in total. The third kappa shape index (κ3) is 5.42. The minimum atomic E-state index is 0.0284. The van der Waals surface area contributed by atoms with Crippen LogP contribution >= 0.6 is 11.3 Å². The molecule has 156 valence electrons. The molecule has 2 aliphatic heterocycles. The summed E-state index contributed by atoms with van der Waals surface area (Å²) in [5.41, 5.74) is 3.22. The van der Waals surface area contributed by atoms with Gasteiger partial charge in [0.2, 0.25) is 5.91 Å². The lowest BCUT2D eigenvalue weighted by Crippen LogP contribution is -2.55. The number of carbonyl (C=O) groups is 1. The predicted octanol–water partition coefficient (Wildman–Crippen LogP) is 2.77. The summed E-state index contributed by atoms with van der Waals surface area (Å²) >= 11 is 1.48. The fraction of sp³-hybridized carbons (Fsp3) is 0.545. The van der Waals surface area contributed by atoms with E-state index < -0.39 is 0 Å². The molecule has 0 spiro atoms. The van der Waals surface area contributed by atoms with Crippen LogP contribution in [0.5, 0.6) is 0 Å². The Morgan fingerprint density at radius 3 is 2.66 bits per heavy atom. The maximum atomic E-state index is 12.5. The first-order valence-electron chi connectivity index (χ1n) is 10.5. The molecule has 0 bridgehead atoms. The highest BCUT2D eigenvalue weighted by molar-refractivity contribution is 7.14. The Morgan fingerprint density at radius 2 is 1.93 bits per heavy atom. The van der Waals surface area contributed by atoms with Crippen LogP contribution in [0.25, 0.3) is 11.3 Å². The van der Waals surface area contributed by atoms with Gasteiger partial charge in [-0.15, -0.1) is 11.3 Å². The zero-order valence-electron chi connectivity index (χ0n) is 17.4. The topological polar surface area (TPSA) is 51.7 Å². The molecule has 4 rings (SSSR count). The van der Waals surface area contributed by atoms with Gasteiger partial charge in [0.25, 0.3) is 0 Å². The van der Waals surface area contributed by atoms with E-state index in [-0.39, 0.29) is 5.91 Å². The molecule has 3 heterocycles. The first-order valence-corrected chi connectivity index (χ1v) is 11.4. The number of likely N-dealkylation sites (tertiary alicyclic amines) is 1. The third-order valence-electron chi connectivity index (χ3n) is 5.99. The summed E-state index contributed by atoms with van der Waals surface area (Å²) in [4.78, 5) is 24.4. The molecular weight excluding hydrogens is 382 g/mol. The molecule has 2 aromatic rings. The van der Waals surface area contributed by atoms with E-state index in [9.17, 15) is 4.79 Å². The highest BCUT2D eigenvalue weighted by Crippen LogP contribution is 2.25. The Bertz CT molecular complexity index is 813. The molecule has 1 aromatic carbocycles. The van der Waals surface area contributed by atoms with E-state index in [1.807, 2.05) is 5.38 Å². The smallest absolute Gasteiger partial charge is 0.240 e. The predicted molar refractivity (Wildman–Crippen MR) is 119 cm³/mol. The molecule has 6 nitrogen and oxygen atoms in total. The molecule has 2 fully saturated rings. The summed E-state index contributed by atoms with van der Waals surface area (Å²) in [6.45, 7) is 8.94. The van der Waals surface area contributed by atoms with Gasteiger partial charge in [-0.25, -0.2) is 4.98 Å². The molecule has 0 radical (unpaired) electrons. The van der Waals surface area contributed by atoms with Crippen LogP contribution in [0.1, 0.15) is 18.4 Å². The van der Waals surface area contributed by atoms with Crippen molar-refractivity contribution in [2.75, 3.05) is 58.2 Å². The molecule has 1 aromatic heterocycles. The maximum absolute atomic E-state index is 12.5. The van der Waals surface area contributed by atoms with Crippen molar-refractivity contribution < 1.29 is 4.79 Å². The second kappa shape index (κ2) is 9.34. The number of piperidine rings is 1. The van der Waals surface area contributed by atoms with Gasteiger partial charge in [-0.2, -0.15) is 0 Å². The minimum Gasteiger partial charge on any atom is -0.305 e. The van der Waals surface area contributed by atoms with Gasteiger partial charge in [-0.05, 0) is 33.4 Å². The van der Waals surface area contributed by atoms with E-state index in [0.29, 0.717) is 17.7 Å². The van der Waals surface area contributed by atoms with Gasteiger partial charge in [0.05, 0.1) is 12.2 Å². The molecule has 7 heteroatoms. The summed E-state index contributed by atoms with van der Waals surface area (Å²) in [6, 6.07) is 8.98. The van der Waals surface area contributed by atoms with Crippen molar-refractivity contribution in [1.82, 2.24) is 19.7 Å². The number of aromatic nitrogens is 1. The average Bonchev–Trinajstić information content (AvgIpc) is 3.17. The summed E-state index contributed by atoms with van der Waals surface area (Å²) < 4.78 is 0. The number of piperazine rings is 1. The number of hydrogen-bond acceptors (Lipinski definition) is 6. The van der Waals surface area contributed by atoms with Crippen LogP contribution in [0.2, 0.25) is 0 Å². The highest BCUT2D eigenvalue weighted by atomic mass is 32.1. The first-order chi connectivity index (χ1) is 14.1. The summed E-state index contributed by atoms with van der Waals surface area (Å²) in [6.07, 6.45) is 2.60. The summed E-state index contributed by atoms with van der Waals surface area (Å²) in [5, 5.41) is 5.65. The molecular formula is C22H31N5OS. The summed E-state index contributed by atoms with van der Waals surface area (Å²) in [7, 11) is 2.22. The van der Waals surface area contributed by atoms with E-state index in [1.165, 1.54) is 42.8 Å². The quantitative estimate of drug-likeness (QED) is 0.817. The van der Waals surface area contributed by atoms with Crippen LogP contribution in [0, 0.1) is 6.92 Å². The normalized spacial score (nSPS) is 21.9. The second-order valence-corrected chi connectivity index (χ2v) is 9.18. The molecule has 1 atom stereocenters. The Hall–Kier alpha value is -1.80. The SMILES string of the molecule is Cc1ccc(-c2csc(NC(=O)CN3CCN(C4CCCN(C)C4)CC3)n2)cc1. The van der Waals surface area contributed by atoms with Crippen molar-refractivity contribution in [3.8, 4) is 11.3 Å². The van der Waals surface area contributed by atoms with Gasteiger partial charge in [0.15, 0.2) is 5.13 Å². The minimum absolute atomic E-state index is 0.0284. The van der Waals surface area contributed by atoms with Crippen molar-refractivity contribution in [2.24, 2.45) is 0 Å². The van der Waals surface area contributed by atoms with Gasteiger partial charge in [-0.3, -0.25) is 14.6 Å². The number of rotatable bonds is 5. The van der Waals surface area contributed by atoms with Gasteiger partial charge < -0.3 is 10.2 Å². The first kappa shape index (κ1) is 20.5. The number of amides is 1. The van der Waals surface area contributed by atoms with Gasteiger partial charge in [0.1, 0.15) is 0 Å². The van der Waals surface area contributed by atoms with Gasteiger partial charge in [0, 0.05) is 49.7 Å². The third-order valence-corrected chi connectivity index (χ3v) is 6.75. The molecule has 1 amide bonds. The largest absolute Gasteiger partial charge is 0.305 e. The van der Waals surface area contributed by atoms with Crippen LogP contribution in [0.4, 0.5) is 5.13 Å². The number of nitrogens with zero attached hydrogens (tertiary/aromatic N) is 4. The number of aryl methyl sites for hydroxylation is 1. The number of thiazole rings is 1. The Labute approximate surface area is 177 Å². The van der Waals surface area contributed by atoms with E-state index >= 15 is 0 Å². The number of likely N-dealkylation sites (N-methyl/N-ethyl adjacent to an activating group) is 1. The number of benzene rings is 1. The Balaban J connectivity index is 1.24. The van der Waals surface area contributed by atoms with Crippen molar-refractivity contribution in [3.63, 3.8) is 0 Å². The average molecular weight is 414 g/mol. The number of anilines is 1. The van der Waals surface area contributed by atoms with Gasteiger partial charge in [-0.1, -0.05) is 29.8 Å². The number of hydrogen-bond donors (Lipinski definition) is 1. The summed E-state index contributed by atoms with van der Waals surface area (Å²) in [5.74, 6) is 0.0284. The fourth-order valence-electron chi connectivity index (χ4n) is 4.27. The van der Waals surface area contributed by atoms with E-state index in [2.05, 4.69) is 63.2 Å². The molecule has 2 aliphatic rings. The van der Waals surface area contributed by atoms with Crippen molar-refractivity contribution in [1.29, 1.82) is 0 Å². The molecule has 29 heavy (non-hydrogen) atoms. The maximum Gasteiger partial charge on any atom is 0.240 e. The van der Waals surface area contributed by atoms with Crippen LogP contribution in [-0.2, 0) is 4.79 Å². The van der Waals surface area contributed by atoms with Crippen LogP contribution in [0.3, 0.4) is 0 Å². The number of carbonyl (C=O) groups excluding carboxylic acids is 1. The van der Waals surface area contributed by atoms with Crippen molar-refractivity contribution in [2.45, 2.75) is 25.8 Å². The Kier molecular flexibility index (Phi) is 6.60. The Morgan fingerprint density at radius 1 is 1.17 bits per heavy atom. The monoisotopic (exact) mass is 413 g/mol. The number of nitrogens with one attached hydrogen (secondary N) is 1. The highest BCUT2D eigenvalue weighted by Gasteiger charge is 2.27. The molecule has 0 aliphatic carbocycles. The fourth-order valence-corrected chi connectivity index (χ4v) is 5.01. The second-order valence-electron chi connectivity index (χ2n) is 8.32. The lowest BCUT2D eigenvalue weighted by Gasteiger charge is -2.42. The van der Waals surface area contributed by atoms with Crippen molar-refractivity contribution in [3.05, 3.63) is 35.2 Å². The molecule has 1 unspecified atom stereocenters. The van der Waals surface area contributed by atoms with Crippen LogP contribution in [0.15, 0.2) is 29.6 Å².